The molecular formula is C16H23N. The van der Waals surface area contributed by atoms with Gasteiger partial charge in [0.25, 0.3) is 0 Å². The van der Waals surface area contributed by atoms with Crippen molar-refractivity contribution >= 4 is 0 Å². The van der Waals surface area contributed by atoms with Gasteiger partial charge in [-0.2, -0.15) is 0 Å². The fraction of sp³-hybridized carbons (Fsp3) is 0.625. The molecule has 1 unspecified atom stereocenters. The summed E-state index contributed by atoms with van der Waals surface area (Å²) in [4.78, 5) is 0. The standard InChI is InChI=1S/C16H23N/c17-11-8-13-12-16(9-4-1-5-10-16)15-7-3-2-6-14(13)15/h2-3,6-7,13H,1,4-5,8-12,17H2. The third-order valence-electron chi connectivity index (χ3n) is 4.93. The topological polar surface area (TPSA) is 26.0 Å². The highest BCUT2D eigenvalue weighted by Gasteiger charge is 2.43. The summed E-state index contributed by atoms with van der Waals surface area (Å²) in [7, 11) is 0. The van der Waals surface area contributed by atoms with Crippen LogP contribution in [0.5, 0.6) is 0 Å². The monoisotopic (exact) mass is 229 g/mol. The van der Waals surface area contributed by atoms with Gasteiger partial charge in [0.2, 0.25) is 0 Å². The first kappa shape index (κ1) is 11.3. The van der Waals surface area contributed by atoms with Crippen molar-refractivity contribution in [3.8, 4) is 0 Å². The average molecular weight is 229 g/mol. The first-order valence-electron chi connectivity index (χ1n) is 7.15. The van der Waals surface area contributed by atoms with E-state index in [2.05, 4.69) is 24.3 Å². The van der Waals surface area contributed by atoms with E-state index in [0.717, 1.165) is 12.5 Å². The Labute approximate surface area is 104 Å². The first-order chi connectivity index (χ1) is 8.36. The Kier molecular flexibility index (Phi) is 2.96. The van der Waals surface area contributed by atoms with Crippen molar-refractivity contribution in [2.24, 2.45) is 5.73 Å². The molecule has 1 nitrogen and oxygen atoms in total. The number of hydrogen-bond donors (Lipinski definition) is 1. The van der Waals surface area contributed by atoms with Gasteiger partial charge < -0.3 is 5.73 Å². The van der Waals surface area contributed by atoms with Crippen LogP contribution in [-0.4, -0.2) is 6.54 Å². The summed E-state index contributed by atoms with van der Waals surface area (Å²) in [6.45, 7) is 0.828. The van der Waals surface area contributed by atoms with Gasteiger partial charge in [0.05, 0.1) is 0 Å². The SMILES string of the molecule is NCCC1CC2(CCCCC2)c2ccccc21. The van der Waals surface area contributed by atoms with Gasteiger partial charge in [-0.1, -0.05) is 43.5 Å². The molecule has 0 amide bonds. The second-order valence-corrected chi connectivity index (χ2v) is 5.91. The van der Waals surface area contributed by atoms with Crippen LogP contribution in [0.3, 0.4) is 0 Å². The van der Waals surface area contributed by atoms with Gasteiger partial charge in [0, 0.05) is 0 Å². The summed E-state index contributed by atoms with van der Waals surface area (Å²) in [5.74, 6) is 0.731. The molecule has 92 valence electrons. The zero-order chi connectivity index (χ0) is 11.7. The van der Waals surface area contributed by atoms with Crippen LogP contribution in [0.4, 0.5) is 0 Å². The van der Waals surface area contributed by atoms with Crippen LogP contribution in [0.15, 0.2) is 24.3 Å². The lowest BCUT2D eigenvalue weighted by Crippen LogP contribution is -2.26. The Morgan fingerprint density at radius 1 is 1.12 bits per heavy atom. The summed E-state index contributed by atoms with van der Waals surface area (Å²) in [5.41, 5.74) is 9.58. The lowest BCUT2D eigenvalue weighted by Gasteiger charge is -2.35. The molecule has 2 aliphatic carbocycles. The highest BCUT2D eigenvalue weighted by atomic mass is 14.5. The maximum atomic E-state index is 5.78. The summed E-state index contributed by atoms with van der Waals surface area (Å²) in [5, 5.41) is 0. The lowest BCUT2D eigenvalue weighted by molar-refractivity contribution is 0.277. The normalized spacial score (nSPS) is 26.1. The number of fused-ring (bicyclic) bond motifs is 2. The molecular weight excluding hydrogens is 206 g/mol. The zero-order valence-corrected chi connectivity index (χ0v) is 10.6. The zero-order valence-electron chi connectivity index (χ0n) is 10.6. The molecule has 3 rings (SSSR count). The van der Waals surface area contributed by atoms with Crippen LogP contribution < -0.4 is 5.73 Å². The van der Waals surface area contributed by atoms with Crippen LogP contribution in [0, 0.1) is 0 Å². The fourth-order valence-corrected chi connectivity index (χ4v) is 4.19. The Hall–Kier alpha value is -0.820. The molecule has 17 heavy (non-hydrogen) atoms. The molecule has 1 heteroatoms. The molecule has 1 saturated carbocycles. The number of nitrogens with two attached hydrogens (primary N) is 1. The second kappa shape index (κ2) is 4.45. The Balaban J connectivity index is 1.98. The largest absolute Gasteiger partial charge is 0.330 e. The van der Waals surface area contributed by atoms with Crippen molar-refractivity contribution < 1.29 is 0 Å². The highest BCUT2D eigenvalue weighted by Crippen LogP contribution is 2.54. The van der Waals surface area contributed by atoms with Crippen LogP contribution in [0.25, 0.3) is 0 Å². The van der Waals surface area contributed by atoms with Crippen LogP contribution >= 0.6 is 0 Å². The van der Waals surface area contributed by atoms with Crippen molar-refractivity contribution in [1.29, 1.82) is 0 Å². The van der Waals surface area contributed by atoms with Crippen molar-refractivity contribution in [1.82, 2.24) is 0 Å². The highest BCUT2D eigenvalue weighted by molar-refractivity contribution is 5.42. The molecule has 2 N–H and O–H groups in total. The van der Waals surface area contributed by atoms with Gasteiger partial charge in [0.1, 0.15) is 0 Å². The first-order valence-corrected chi connectivity index (χ1v) is 7.15. The smallest absolute Gasteiger partial charge is 0.00383 e. The molecule has 1 aromatic carbocycles. The van der Waals surface area contributed by atoms with Gasteiger partial charge in [-0.25, -0.2) is 0 Å². The summed E-state index contributed by atoms with van der Waals surface area (Å²) in [6, 6.07) is 9.15. The Bertz CT molecular complexity index is 390. The van der Waals surface area contributed by atoms with E-state index < -0.39 is 0 Å². The molecule has 1 spiro atoms. The molecule has 0 heterocycles. The van der Waals surface area contributed by atoms with Crippen molar-refractivity contribution in [3.05, 3.63) is 35.4 Å². The fourth-order valence-electron chi connectivity index (χ4n) is 4.19. The quantitative estimate of drug-likeness (QED) is 0.821. The van der Waals surface area contributed by atoms with Gasteiger partial charge >= 0.3 is 0 Å². The van der Waals surface area contributed by atoms with Crippen molar-refractivity contribution in [3.63, 3.8) is 0 Å². The van der Waals surface area contributed by atoms with E-state index in [1.54, 1.807) is 11.1 Å². The molecule has 0 radical (unpaired) electrons. The van der Waals surface area contributed by atoms with E-state index in [1.807, 2.05) is 0 Å². The molecule has 1 atom stereocenters. The summed E-state index contributed by atoms with van der Waals surface area (Å²) < 4.78 is 0. The molecule has 2 aliphatic rings. The van der Waals surface area contributed by atoms with Gasteiger partial charge in [0.15, 0.2) is 0 Å². The van der Waals surface area contributed by atoms with Gasteiger partial charge in [-0.3, -0.25) is 0 Å². The minimum Gasteiger partial charge on any atom is -0.330 e. The molecule has 0 saturated heterocycles. The van der Waals surface area contributed by atoms with Crippen LogP contribution in [0.2, 0.25) is 0 Å². The lowest BCUT2D eigenvalue weighted by atomic mass is 9.70. The third-order valence-corrected chi connectivity index (χ3v) is 4.93. The maximum absolute atomic E-state index is 5.78. The van der Waals surface area contributed by atoms with Crippen molar-refractivity contribution in [2.75, 3.05) is 6.54 Å². The Morgan fingerprint density at radius 3 is 2.65 bits per heavy atom. The third kappa shape index (κ3) is 1.81. The second-order valence-electron chi connectivity index (χ2n) is 5.91. The average Bonchev–Trinajstić information content (AvgIpc) is 2.66. The van der Waals surface area contributed by atoms with E-state index in [4.69, 9.17) is 5.73 Å². The summed E-state index contributed by atoms with van der Waals surface area (Å²) >= 11 is 0. The van der Waals surface area contributed by atoms with Gasteiger partial charge in [-0.15, -0.1) is 0 Å². The number of hydrogen-bond acceptors (Lipinski definition) is 1. The van der Waals surface area contributed by atoms with E-state index in [-0.39, 0.29) is 0 Å². The molecule has 1 fully saturated rings. The number of benzene rings is 1. The molecule has 0 aromatic heterocycles. The number of rotatable bonds is 2. The predicted molar refractivity (Wildman–Crippen MR) is 72.2 cm³/mol. The van der Waals surface area contributed by atoms with Crippen molar-refractivity contribution in [2.45, 2.75) is 56.3 Å². The minimum absolute atomic E-state index is 0.522. The van der Waals surface area contributed by atoms with Crippen LogP contribution in [0.1, 0.15) is 62.0 Å². The van der Waals surface area contributed by atoms with Crippen LogP contribution in [-0.2, 0) is 5.41 Å². The molecule has 0 bridgehead atoms. The maximum Gasteiger partial charge on any atom is -0.00383 e. The minimum atomic E-state index is 0.522. The van der Waals surface area contributed by atoms with E-state index in [1.165, 1.54) is 44.9 Å². The van der Waals surface area contributed by atoms with E-state index in [0.29, 0.717) is 5.41 Å². The Morgan fingerprint density at radius 2 is 1.88 bits per heavy atom. The van der Waals surface area contributed by atoms with E-state index >= 15 is 0 Å². The van der Waals surface area contributed by atoms with E-state index in [9.17, 15) is 0 Å². The predicted octanol–water partition coefficient (Wildman–Crippen LogP) is 3.72. The summed E-state index contributed by atoms with van der Waals surface area (Å²) in [6.07, 6.45) is 9.62. The van der Waals surface area contributed by atoms with Gasteiger partial charge in [-0.05, 0) is 54.7 Å². The molecule has 0 aliphatic heterocycles. The molecule has 1 aromatic rings.